The summed E-state index contributed by atoms with van der Waals surface area (Å²) in [5, 5.41) is 18.0. The van der Waals surface area contributed by atoms with Crippen LogP contribution in [0.5, 0.6) is 17.4 Å². The number of carboxylic acid groups (broad SMARTS) is 1. The first-order valence-electron chi connectivity index (χ1n) is 7.17. The Morgan fingerprint density at radius 2 is 1.76 bits per heavy atom. The van der Waals surface area contributed by atoms with Crippen LogP contribution in [0, 0.1) is 11.3 Å². The van der Waals surface area contributed by atoms with Crippen LogP contribution in [0.3, 0.4) is 0 Å². The number of carbonyl (C=O) groups is 1. The highest BCUT2D eigenvalue weighted by Gasteiger charge is 2.16. The van der Waals surface area contributed by atoms with Crippen molar-refractivity contribution < 1.29 is 19.4 Å². The van der Waals surface area contributed by atoms with Gasteiger partial charge in [0.15, 0.2) is 5.82 Å². The molecule has 25 heavy (non-hydrogen) atoms. The Labute approximate surface area is 142 Å². The molecule has 0 saturated carbocycles. The monoisotopic (exact) mass is 333 g/mol. The van der Waals surface area contributed by atoms with Gasteiger partial charge >= 0.3 is 6.16 Å². The minimum atomic E-state index is -1.52. The lowest BCUT2D eigenvalue weighted by Gasteiger charge is -2.11. The molecule has 2 aromatic carbocycles. The Morgan fingerprint density at radius 1 is 1.04 bits per heavy atom. The minimum absolute atomic E-state index is 0.0982. The molecular formula is C18H11N3O4. The second kappa shape index (κ2) is 7.10. The fraction of sp³-hybridized carbons (Fsp3) is 0. The Hall–Kier alpha value is -3.92. The number of benzene rings is 2. The van der Waals surface area contributed by atoms with E-state index < -0.39 is 6.16 Å². The zero-order valence-electron chi connectivity index (χ0n) is 12.8. The molecule has 1 aromatic heterocycles. The van der Waals surface area contributed by atoms with E-state index in [0.29, 0.717) is 5.82 Å². The molecule has 0 radical (unpaired) electrons. The Kier molecular flexibility index (Phi) is 4.53. The van der Waals surface area contributed by atoms with Gasteiger partial charge in [0.2, 0.25) is 5.75 Å². The molecule has 0 atom stereocenters. The second-order valence-electron chi connectivity index (χ2n) is 4.81. The highest BCUT2D eigenvalue weighted by molar-refractivity contribution is 5.63. The molecule has 122 valence electrons. The van der Waals surface area contributed by atoms with E-state index in [0.717, 1.165) is 5.56 Å². The SMILES string of the molecule is N#Cc1ccccc1Oc1nc(-c2ccccc2)ncc1OC(=O)O. The summed E-state index contributed by atoms with van der Waals surface area (Å²) in [5.74, 6) is 0.305. The van der Waals surface area contributed by atoms with Crippen LogP contribution in [0.4, 0.5) is 4.79 Å². The van der Waals surface area contributed by atoms with Crippen molar-refractivity contribution in [3.05, 3.63) is 66.4 Å². The smallest absolute Gasteiger partial charge is 0.449 e. The molecule has 7 heteroatoms. The summed E-state index contributed by atoms with van der Waals surface area (Å²) >= 11 is 0. The highest BCUT2D eigenvalue weighted by atomic mass is 16.7. The predicted octanol–water partition coefficient (Wildman–Crippen LogP) is 3.86. The van der Waals surface area contributed by atoms with E-state index in [2.05, 4.69) is 14.7 Å². The van der Waals surface area contributed by atoms with Crippen LogP contribution < -0.4 is 9.47 Å². The van der Waals surface area contributed by atoms with Crippen LogP contribution in [-0.2, 0) is 0 Å². The summed E-state index contributed by atoms with van der Waals surface area (Å²) in [6.45, 7) is 0. The van der Waals surface area contributed by atoms with Crippen LogP contribution in [-0.4, -0.2) is 21.2 Å². The summed E-state index contributed by atoms with van der Waals surface area (Å²) < 4.78 is 10.3. The largest absolute Gasteiger partial charge is 0.511 e. The predicted molar refractivity (Wildman–Crippen MR) is 87.4 cm³/mol. The molecule has 0 bridgehead atoms. The van der Waals surface area contributed by atoms with E-state index in [1.165, 1.54) is 6.20 Å². The summed E-state index contributed by atoms with van der Waals surface area (Å²) in [6, 6.07) is 17.6. The van der Waals surface area contributed by atoms with E-state index >= 15 is 0 Å². The third kappa shape index (κ3) is 3.71. The molecule has 0 aliphatic heterocycles. The number of nitriles is 1. The van der Waals surface area contributed by atoms with Crippen molar-refractivity contribution >= 4 is 6.16 Å². The van der Waals surface area contributed by atoms with Gasteiger partial charge in [0.05, 0.1) is 11.8 Å². The van der Waals surface area contributed by atoms with Gasteiger partial charge in [-0.05, 0) is 12.1 Å². The first-order valence-corrected chi connectivity index (χ1v) is 7.17. The van der Waals surface area contributed by atoms with Crippen molar-refractivity contribution in [2.24, 2.45) is 0 Å². The summed E-state index contributed by atoms with van der Waals surface area (Å²) in [4.78, 5) is 19.2. The Morgan fingerprint density at radius 3 is 2.48 bits per heavy atom. The molecule has 3 aromatic rings. The third-order valence-electron chi connectivity index (χ3n) is 3.17. The summed E-state index contributed by atoms with van der Waals surface area (Å²) in [7, 11) is 0. The lowest BCUT2D eigenvalue weighted by atomic mass is 10.2. The molecule has 7 nitrogen and oxygen atoms in total. The number of aromatic nitrogens is 2. The van der Waals surface area contributed by atoms with Gasteiger partial charge in [-0.1, -0.05) is 42.5 Å². The maximum Gasteiger partial charge on any atom is 0.511 e. The van der Waals surface area contributed by atoms with Crippen molar-refractivity contribution in [2.45, 2.75) is 0 Å². The van der Waals surface area contributed by atoms with Crippen molar-refractivity contribution in [1.29, 1.82) is 5.26 Å². The van der Waals surface area contributed by atoms with Gasteiger partial charge in [-0.15, -0.1) is 0 Å². The third-order valence-corrected chi connectivity index (χ3v) is 3.17. The lowest BCUT2D eigenvalue weighted by molar-refractivity contribution is 0.142. The van der Waals surface area contributed by atoms with Crippen molar-refractivity contribution in [1.82, 2.24) is 9.97 Å². The number of ether oxygens (including phenoxy) is 2. The van der Waals surface area contributed by atoms with Crippen LogP contribution in [0.15, 0.2) is 60.8 Å². The van der Waals surface area contributed by atoms with Crippen LogP contribution in [0.1, 0.15) is 5.56 Å². The second-order valence-corrected chi connectivity index (χ2v) is 4.81. The number of nitrogens with zero attached hydrogens (tertiary/aromatic N) is 3. The Bertz CT molecular complexity index is 952. The quantitative estimate of drug-likeness (QED) is 0.722. The minimum Gasteiger partial charge on any atom is -0.449 e. The lowest BCUT2D eigenvalue weighted by Crippen LogP contribution is -2.06. The fourth-order valence-corrected chi connectivity index (χ4v) is 2.07. The molecule has 0 amide bonds. The van der Waals surface area contributed by atoms with Crippen LogP contribution in [0.25, 0.3) is 11.4 Å². The van der Waals surface area contributed by atoms with Gasteiger partial charge in [0.1, 0.15) is 11.8 Å². The zero-order chi connectivity index (χ0) is 17.6. The average molecular weight is 333 g/mol. The van der Waals surface area contributed by atoms with Gasteiger partial charge in [0, 0.05) is 5.56 Å². The molecule has 0 unspecified atom stereocenters. The van der Waals surface area contributed by atoms with Gasteiger partial charge in [0.25, 0.3) is 5.88 Å². The van der Waals surface area contributed by atoms with E-state index in [1.807, 2.05) is 24.3 Å². The average Bonchev–Trinajstić information content (AvgIpc) is 2.64. The van der Waals surface area contributed by atoms with E-state index in [4.69, 9.17) is 15.1 Å². The summed E-state index contributed by atoms with van der Waals surface area (Å²) in [5.41, 5.74) is 1.01. The van der Waals surface area contributed by atoms with Gasteiger partial charge in [-0.2, -0.15) is 10.2 Å². The summed E-state index contributed by atoms with van der Waals surface area (Å²) in [6.07, 6.45) is -0.303. The van der Waals surface area contributed by atoms with Gasteiger partial charge in [-0.3, -0.25) is 0 Å². The molecule has 1 N–H and O–H groups in total. The normalized spacial score (nSPS) is 9.88. The molecule has 0 aliphatic carbocycles. The molecule has 0 fully saturated rings. The molecule has 0 saturated heterocycles. The topological polar surface area (TPSA) is 105 Å². The molecular weight excluding hydrogens is 322 g/mol. The van der Waals surface area contributed by atoms with Crippen molar-refractivity contribution in [3.63, 3.8) is 0 Å². The number of hydrogen-bond donors (Lipinski definition) is 1. The Balaban J connectivity index is 2.05. The van der Waals surface area contributed by atoms with E-state index in [-0.39, 0.29) is 22.9 Å². The number of rotatable bonds is 4. The maximum atomic E-state index is 10.9. The van der Waals surface area contributed by atoms with E-state index in [1.54, 1.807) is 36.4 Å². The standard InChI is InChI=1S/C18H11N3O4/c19-10-13-8-4-5-9-14(13)24-17-15(25-18(22)23)11-20-16(21-17)12-6-2-1-3-7-12/h1-9,11H,(H,22,23). The zero-order valence-corrected chi connectivity index (χ0v) is 12.8. The van der Waals surface area contributed by atoms with Crippen molar-refractivity contribution in [2.75, 3.05) is 0 Å². The molecule has 0 spiro atoms. The first-order chi connectivity index (χ1) is 12.2. The van der Waals surface area contributed by atoms with Gasteiger partial charge < -0.3 is 14.6 Å². The molecule has 0 aliphatic rings. The van der Waals surface area contributed by atoms with E-state index in [9.17, 15) is 4.79 Å². The highest BCUT2D eigenvalue weighted by Crippen LogP contribution is 2.32. The van der Waals surface area contributed by atoms with Crippen LogP contribution in [0.2, 0.25) is 0 Å². The first kappa shape index (κ1) is 16.0. The van der Waals surface area contributed by atoms with Crippen LogP contribution >= 0.6 is 0 Å². The molecule has 3 rings (SSSR count). The molecule has 1 heterocycles. The van der Waals surface area contributed by atoms with Gasteiger partial charge in [-0.25, -0.2) is 9.78 Å². The maximum absolute atomic E-state index is 10.9. The number of hydrogen-bond acceptors (Lipinski definition) is 6. The number of para-hydroxylation sites is 1. The van der Waals surface area contributed by atoms with Crippen molar-refractivity contribution in [3.8, 4) is 34.8 Å². The fourth-order valence-electron chi connectivity index (χ4n) is 2.07.